The Balaban J connectivity index is 2.92. The van der Waals surface area contributed by atoms with Crippen LogP contribution in [0.4, 0.5) is 0 Å². The molecule has 0 fully saturated rings. The molecule has 0 amide bonds. The van der Waals surface area contributed by atoms with Gasteiger partial charge in [-0.15, -0.1) is 0 Å². The molecule has 1 heteroatoms. The zero-order valence-electron chi connectivity index (χ0n) is 11.1. The summed E-state index contributed by atoms with van der Waals surface area (Å²) in [6.07, 6.45) is 1.13. The predicted molar refractivity (Wildman–Crippen MR) is 76.4 cm³/mol. The summed E-state index contributed by atoms with van der Waals surface area (Å²) in [5.74, 6) is 0. The first-order chi connectivity index (χ1) is 7.24. The average Bonchev–Trinajstić information content (AvgIpc) is 2.16. The van der Waals surface area contributed by atoms with Crippen LogP contribution in [0.1, 0.15) is 45.7 Å². The molecule has 0 bridgehead atoms. The van der Waals surface area contributed by atoms with Crippen LogP contribution in [0.15, 0.2) is 24.3 Å². The number of hydrogen-bond donors (Lipinski definition) is 0. The van der Waals surface area contributed by atoms with E-state index in [-0.39, 0.29) is 5.41 Å². The quantitative estimate of drug-likeness (QED) is 0.689. The fourth-order valence-electron chi connectivity index (χ4n) is 1.75. The molecule has 0 aliphatic heterocycles. The van der Waals surface area contributed by atoms with Gasteiger partial charge in [-0.05, 0) is 28.4 Å². The summed E-state index contributed by atoms with van der Waals surface area (Å²) >= 11 is 3.59. The van der Waals surface area contributed by atoms with Crippen molar-refractivity contribution in [1.29, 1.82) is 0 Å². The Morgan fingerprint density at radius 1 is 1.06 bits per heavy atom. The molecule has 0 radical (unpaired) electrons. The monoisotopic (exact) mass is 282 g/mol. The molecular weight excluding hydrogens is 260 g/mol. The summed E-state index contributed by atoms with van der Waals surface area (Å²) in [4.78, 5) is 0. The standard InChI is InChI=1S/C15H23Br/c1-14(2,3)13-8-6-7-12(9-13)10-15(4,5)11-16/h6-9H,10-11H2,1-5H3. The van der Waals surface area contributed by atoms with Crippen LogP contribution in [0, 0.1) is 5.41 Å². The smallest absolute Gasteiger partial charge is 0.00858 e. The van der Waals surface area contributed by atoms with E-state index < -0.39 is 0 Å². The fourth-order valence-corrected chi connectivity index (χ4v) is 1.95. The highest BCUT2D eigenvalue weighted by atomic mass is 79.9. The SMILES string of the molecule is CC(C)(CBr)Cc1cccc(C(C)(C)C)c1. The minimum Gasteiger partial charge on any atom is -0.0922 e. The third-order valence-electron chi connectivity index (χ3n) is 2.84. The molecule has 0 atom stereocenters. The largest absolute Gasteiger partial charge is 0.0922 e. The number of halogens is 1. The Morgan fingerprint density at radius 3 is 2.19 bits per heavy atom. The Bertz CT molecular complexity index is 345. The van der Waals surface area contributed by atoms with Gasteiger partial charge in [-0.25, -0.2) is 0 Å². The molecule has 0 heterocycles. The van der Waals surface area contributed by atoms with Crippen LogP contribution < -0.4 is 0 Å². The minimum absolute atomic E-state index is 0.245. The lowest BCUT2D eigenvalue weighted by atomic mass is 9.83. The third kappa shape index (κ3) is 3.93. The average molecular weight is 283 g/mol. The second-order valence-electron chi connectivity index (χ2n) is 6.42. The van der Waals surface area contributed by atoms with Crippen LogP contribution >= 0.6 is 15.9 Å². The number of hydrogen-bond acceptors (Lipinski definition) is 0. The summed E-state index contributed by atoms with van der Waals surface area (Å²) in [6.45, 7) is 11.4. The van der Waals surface area contributed by atoms with E-state index in [4.69, 9.17) is 0 Å². The Kier molecular flexibility index (Phi) is 4.23. The molecule has 0 saturated heterocycles. The van der Waals surface area contributed by atoms with E-state index in [1.807, 2.05) is 0 Å². The summed E-state index contributed by atoms with van der Waals surface area (Å²) in [5.41, 5.74) is 3.44. The summed E-state index contributed by atoms with van der Waals surface area (Å²) in [5, 5.41) is 1.04. The predicted octanol–water partition coefficient (Wildman–Crippen LogP) is 4.95. The van der Waals surface area contributed by atoms with Gasteiger partial charge in [0.1, 0.15) is 0 Å². The van der Waals surface area contributed by atoms with E-state index in [1.54, 1.807) is 0 Å². The molecule has 1 rings (SSSR count). The van der Waals surface area contributed by atoms with Gasteiger partial charge in [0.15, 0.2) is 0 Å². The maximum absolute atomic E-state index is 3.59. The molecule has 0 N–H and O–H groups in total. The first-order valence-corrected chi connectivity index (χ1v) is 7.02. The first-order valence-electron chi connectivity index (χ1n) is 5.90. The van der Waals surface area contributed by atoms with Gasteiger partial charge in [0.05, 0.1) is 0 Å². The molecule has 16 heavy (non-hydrogen) atoms. The topological polar surface area (TPSA) is 0 Å². The highest BCUT2D eigenvalue weighted by Crippen LogP contribution is 2.27. The van der Waals surface area contributed by atoms with Crippen molar-refractivity contribution in [1.82, 2.24) is 0 Å². The van der Waals surface area contributed by atoms with Gasteiger partial charge in [-0.1, -0.05) is 74.8 Å². The van der Waals surface area contributed by atoms with E-state index in [9.17, 15) is 0 Å². The van der Waals surface area contributed by atoms with Gasteiger partial charge in [0.2, 0.25) is 0 Å². The van der Waals surface area contributed by atoms with E-state index >= 15 is 0 Å². The first kappa shape index (κ1) is 13.8. The van der Waals surface area contributed by atoms with Crippen molar-refractivity contribution >= 4 is 15.9 Å². The van der Waals surface area contributed by atoms with Gasteiger partial charge in [0.25, 0.3) is 0 Å². The van der Waals surface area contributed by atoms with Crippen molar-refractivity contribution < 1.29 is 0 Å². The lowest BCUT2D eigenvalue weighted by Gasteiger charge is -2.24. The second-order valence-corrected chi connectivity index (χ2v) is 6.99. The summed E-state index contributed by atoms with van der Waals surface area (Å²) in [7, 11) is 0. The molecule has 90 valence electrons. The fraction of sp³-hybridized carbons (Fsp3) is 0.600. The van der Waals surface area contributed by atoms with Crippen LogP contribution in [0.25, 0.3) is 0 Å². The van der Waals surface area contributed by atoms with Crippen LogP contribution in [-0.4, -0.2) is 5.33 Å². The lowest BCUT2D eigenvalue weighted by Crippen LogP contribution is -2.17. The van der Waals surface area contributed by atoms with E-state index in [1.165, 1.54) is 11.1 Å². The Labute approximate surface area is 109 Å². The summed E-state index contributed by atoms with van der Waals surface area (Å²) < 4.78 is 0. The molecule has 1 aromatic carbocycles. The van der Waals surface area contributed by atoms with E-state index in [2.05, 4.69) is 74.8 Å². The Morgan fingerprint density at radius 2 is 1.69 bits per heavy atom. The van der Waals surface area contributed by atoms with E-state index in [0.29, 0.717) is 5.41 Å². The molecule has 0 nitrogen and oxygen atoms in total. The molecule has 0 aliphatic carbocycles. The molecule has 0 saturated carbocycles. The zero-order chi connectivity index (χ0) is 12.4. The lowest BCUT2D eigenvalue weighted by molar-refractivity contribution is 0.424. The van der Waals surface area contributed by atoms with Crippen LogP contribution in [0.3, 0.4) is 0 Å². The normalized spacial score (nSPS) is 12.9. The summed E-state index contributed by atoms with van der Waals surface area (Å²) in [6, 6.07) is 8.99. The van der Waals surface area contributed by atoms with Crippen molar-refractivity contribution in [2.75, 3.05) is 5.33 Å². The Hall–Kier alpha value is -0.300. The molecule has 1 aromatic rings. The number of rotatable bonds is 3. The van der Waals surface area contributed by atoms with Crippen molar-refractivity contribution in [2.45, 2.75) is 46.5 Å². The van der Waals surface area contributed by atoms with Crippen molar-refractivity contribution in [2.24, 2.45) is 5.41 Å². The molecular formula is C15H23Br. The van der Waals surface area contributed by atoms with Gasteiger partial charge < -0.3 is 0 Å². The van der Waals surface area contributed by atoms with Crippen LogP contribution in [0.2, 0.25) is 0 Å². The molecule has 0 aromatic heterocycles. The van der Waals surface area contributed by atoms with Crippen LogP contribution in [0.5, 0.6) is 0 Å². The molecule has 0 spiro atoms. The van der Waals surface area contributed by atoms with Gasteiger partial charge in [-0.2, -0.15) is 0 Å². The van der Waals surface area contributed by atoms with Crippen molar-refractivity contribution in [3.63, 3.8) is 0 Å². The second kappa shape index (κ2) is 4.91. The maximum atomic E-state index is 3.59. The highest BCUT2D eigenvalue weighted by molar-refractivity contribution is 9.09. The van der Waals surface area contributed by atoms with Gasteiger partial charge in [-0.3, -0.25) is 0 Å². The maximum Gasteiger partial charge on any atom is 0.00858 e. The van der Waals surface area contributed by atoms with Gasteiger partial charge in [0, 0.05) is 5.33 Å². The van der Waals surface area contributed by atoms with Crippen molar-refractivity contribution in [3.8, 4) is 0 Å². The van der Waals surface area contributed by atoms with Crippen molar-refractivity contribution in [3.05, 3.63) is 35.4 Å². The third-order valence-corrected chi connectivity index (χ3v) is 4.36. The highest BCUT2D eigenvalue weighted by Gasteiger charge is 2.18. The minimum atomic E-state index is 0.245. The van der Waals surface area contributed by atoms with E-state index in [0.717, 1.165) is 11.8 Å². The van der Waals surface area contributed by atoms with Crippen LogP contribution in [-0.2, 0) is 11.8 Å². The molecule has 0 aliphatic rings. The number of benzene rings is 1. The molecule has 0 unspecified atom stereocenters. The van der Waals surface area contributed by atoms with Gasteiger partial charge >= 0.3 is 0 Å². The number of alkyl halides is 1. The zero-order valence-corrected chi connectivity index (χ0v) is 12.7.